The second kappa shape index (κ2) is 2.88. The Morgan fingerprint density at radius 2 is 2.12 bits per heavy atom. The van der Waals surface area contributed by atoms with Gasteiger partial charge in [0.05, 0.1) is 11.6 Å². The number of aromatic hydroxyl groups is 1. The van der Waals surface area contributed by atoms with Crippen molar-refractivity contribution >= 4 is 21.7 Å². The molecule has 0 radical (unpaired) electrons. The Hall–Kier alpha value is -2.23. The highest BCUT2D eigenvalue weighted by Gasteiger charge is 2.13. The minimum absolute atomic E-state index is 0.0880. The molecule has 0 fully saturated rings. The lowest BCUT2D eigenvalue weighted by molar-refractivity contribution is 0.469. The Balaban J connectivity index is 2.67. The normalized spacial score (nSPS) is 11.3. The lowest BCUT2D eigenvalue weighted by Gasteiger charge is -2.01. The molecule has 0 aliphatic heterocycles. The molecule has 3 rings (SSSR count). The number of fused-ring (bicyclic) bond motifs is 2. The number of furan rings is 1. The predicted octanol–water partition coefficient (Wildman–Crippen LogP) is 2.55. The van der Waals surface area contributed by atoms with E-state index in [2.05, 4.69) is 0 Å². The van der Waals surface area contributed by atoms with Gasteiger partial charge in [0.15, 0.2) is 0 Å². The van der Waals surface area contributed by atoms with Crippen LogP contribution in [0.1, 0.15) is 5.76 Å². The molecule has 0 saturated carbocycles. The zero-order chi connectivity index (χ0) is 11.3. The van der Waals surface area contributed by atoms with Crippen molar-refractivity contribution in [1.29, 1.82) is 0 Å². The zero-order valence-electron chi connectivity index (χ0n) is 8.48. The van der Waals surface area contributed by atoms with Gasteiger partial charge in [0.2, 0.25) is 0 Å². The summed E-state index contributed by atoms with van der Waals surface area (Å²) >= 11 is 0. The second-order valence-corrected chi connectivity index (χ2v) is 3.67. The van der Waals surface area contributed by atoms with E-state index in [-0.39, 0.29) is 11.1 Å². The number of hydrogen-bond acceptors (Lipinski definition) is 4. The van der Waals surface area contributed by atoms with Gasteiger partial charge in [0.25, 0.3) is 0 Å². The molecule has 0 aliphatic rings. The highest BCUT2D eigenvalue weighted by atomic mass is 16.4. The first-order valence-electron chi connectivity index (χ1n) is 4.80. The van der Waals surface area contributed by atoms with Gasteiger partial charge in [-0.15, -0.1) is 0 Å². The maximum atomic E-state index is 11.6. The molecule has 0 spiro atoms. The van der Waals surface area contributed by atoms with Crippen molar-refractivity contribution in [1.82, 2.24) is 0 Å². The summed E-state index contributed by atoms with van der Waals surface area (Å²) in [5.41, 5.74) is 0.0191. The van der Waals surface area contributed by atoms with Gasteiger partial charge < -0.3 is 13.9 Å². The van der Waals surface area contributed by atoms with Gasteiger partial charge in [0, 0.05) is 0 Å². The van der Waals surface area contributed by atoms with Crippen molar-refractivity contribution < 1.29 is 13.9 Å². The Morgan fingerprint density at radius 1 is 1.31 bits per heavy atom. The molecule has 4 heteroatoms. The van der Waals surface area contributed by atoms with E-state index < -0.39 is 5.63 Å². The standard InChI is InChI=1S/C12H8O4/c1-6-4-7-5-9-8(2-3-15-9)11(13)10(7)12(14)16-6/h2-5,13H,1H3. The van der Waals surface area contributed by atoms with Gasteiger partial charge in [-0.3, -0.25) is 0 Å². The predicted molar refractivity (Wildman–Crippen MR) is 58.7 cm³/mol. The van der Waals surface area contributed by atoms with Crippen molar-refractivity contribution in [3.05, 3.63) is 40.6 Å². The number of phenolic OH excluding ortho intramolecular Hbond substituents is 1. The van der Waals surface area contributed by atoms with Crippen LogP contribution >= 0.6 is 0 Å². The summed E-state index contributed by atoms with van der Waals surface area (Å²) in [6, 6.07) is 5.02. The van der Waals surface area contributed by atoms with Crippen LogP contribution in [-0.2, 0) is 0 Å². The van der Waals surface area contributed by atoms with Crippen LogP contribution in [0.4, 0.5) is 0 Å². The third-order valence-electron chi connectivity index (χ3n) is 2.58. The second-order valence-electron chi connectivity index (χ2n) is 3.67. The molecule has 2 heterocycles. The molecule has 0 atom stereocenters. The fraction of sp³-hybridized carbons (Fsp3) is 0.0833. The van der Waals surface area contributed by atoms with Gasteiger partial charge in [-0.1, -0.05) is 0 Å². The molecule has 1 N–H and O–H groups in total. The third-order valence-corrected chi connectivity index (χ3v) is 2.58. The lowest BCUT2D eigenvalue weighted by Crippen LogP contribution is -2.00. The topological polar surface area (TPSA) is 63.6 Å². The molecule has 3 aromatic rings. The van der Waals surface area contributed by atoms with E-state index in [0.29, 0.717) is 22.1 Å². The van der Waals surface area contributed by atoms with E-state index in [9.17, 15) is 9.90 Å². The number of benzene rings is 1. The average molecular weight is 216 g/mol. The molecule has 2 aromatic heterocycles. The first kappa shape index (κ1) is 9.03. The summed E-state index contributed by atoms with van der Waals surface area (Å²) in [4.78, 5) is 11.6. The molecule has 0 amide bonds. The third kappa shape index (κ3) is 1.07. The van der Waals surface area contributed by atoms with E-state index in [1.54, 1.807) is 25.1 Å². The summed E-state index contributed by atoms with van der Waals surface area (Å²) in [6.07, 6.45) is 1.47. The van der Waals surface area contributed by atoms with Gasteiger partial charge in [-0.2, -0.15) is 0 Å². The Kier molecular flexibility index (Phi) is 1.63. The molecule has 4 nitrogen and oxygen atoms in total. The molecule has 0 unspecified atom stereocenters. The highest BCUT2D eigenvalue weighted by molar-refractivity contribution is 6.02. The lowest BCUT2D eigenvalue weighted by atomic mass is 10.1. The van der Waals surface area contributed by atoms with Crippen molar-refractivity contribution in [2.45, 2.75) is 6.92 Å². The first-order valence-corrected chi connectivity index (χ1v) is 4.80. The molecule has 0 aliphatic carbocycles. The van der Waals surface area contributed by atoms with Crippen LogP contribution in [0.2, 0.25) is 0 Å². The van der Waals surface area contributed by atoms with Gasteiger partial charge >= 0.3 is 5.63 Å². The van der Waals surface area contributed by atoms with Crippen LogP contribution in [0.3, 0.4) is 0 Å². The van der Waals surface area contributed by atoms with Crippen LogP contribution in [0.25, 0.3) is 21.7 Å². The van der Waals surface area contributed by atoms with E-state index in [1.165, 1.54) is 6.26 Å². The van der Waals surface area contributed by atoms with E-state index >= 15 is 0 Å². The monoisotopic (exact) mass is 216 g/mol. The molecular weight excluding hydrogens is 208 g/mol. The summed E-state index contributed by atoms with van der Waals surface area (Å²) in [5.74, 6) is 0.415. The number of aryl methyl sites for hydroxylation is 1. The molecule has 0 bridgehead atoms. The summed E-state index contributed by atoms with van der Waals surface area (Å²) < 4.78 is 10.1. The number of hydrogen-bond donors (Lipinski definition) is 1. The average Bonchev–Trinajstić information content (AvgIpc) is 2.64. The van der Waals surface area contributed by atoms with Crippen LogP contribution < -0.4 is 5.63 Å². The van der Waals surface area contributed by atoms with Gasteiger partial charge in [0.1, 0.15) is 22.5 Å². The Labute approximate surface area is 89.7 Å². The summed E-state index contributed by atoms with van der Waals surface area (Å²) in [7, 11) is 0. The van der Waals surface area contributed by atoms with Crippen LogP contribution in [0.15, 0.2) is 38.1 Å². The van der Waals surface area contributed by atoms with Gasteiger partial charge in [-0.25, -0.2) is 4.79 Å². The minimum atomic E-state index is -0.532. The molecule has 0 saturated heterocycles. The summed E-state index contributed by atoms with van der Waals surface area (Å²) in [6.45, 7) is 1.68. The molecular formula is C12H8O4. The number of rotatable bonds is 0. The van der Waals surface area contributed by atoms with Crippen LogP contribution in [0, 0.1) is 6.92 Å². The number of phenols is 1. The van der Waals surface area contributed by atoms with E-state index in [4.69, 9.17) is 8.83 Å². The van der Waals surface area contributed by atoms with Crippen molar-refractivity contribution in [2.75, 3.05) is 0 Å². The smallest absolute Gasteiger partial charge is 0.347 e. The zero-order valence-corrected chi connectivity index (χ0v) is 8.48. The first-order chi connectivity index (χ1) is 7.66. The Bertz CT molecular complexity index is 749. The van der Waals surface area contributed by atoms with Crippen molar-refractivity contribution in [3.63, 3.8) is 0 Å². The van der Waals surface area contributed by atoms with E-state index in [0.717, 1.165) is 0 Å². The maximum absolute atomic E-state index is 11.6. The fourth-order valence-electron chi connectivity index (χ4n) is 1.89. The minimum Gasteiger partial charge on any atom is -0.506 e. The SMILES string of the molecule is Cc1cc2cc3occc3c(O)c2c(=O)o1. The van der Waals surface area contributed by atoms with Crippen LogP contribution in [0.5, 0.6) is 5.75 Å². The fourth-order valence-corrected chi connectivity index (χ4v) is 1.89. The molecule has 1 aromatic carbocycles. The van der Waals surface area contributed by atoms with Gasteiger partial charge in [-0.05, 0) is 30.5 Å². The van der Waals surface area contributed by atoms with Crippen LogP contribution in [-0.4, -0.2) is 5.11 Å². The Morgan fingerprint density at radius 3 is 2.94 bits per heavy atom. The largest absolute Gasteiger partial charge is 0.506 e. The van der Waals surface area contributed by atoms with Crippen molar-refractivity contribution in [2.24, 2.45) is 0 Å². The molecule has 80 valence electrons. The van der Waals surface area contributed by atoms with E-state index in [1.807, 2.05) is 0 Å². The quantitative estimate of drug-likeness (QED) is 0.627. The molecule has 16 heavy (non-hydrogen) atoms. The maximum Gasteiger partial charge on any atom is 0.347 e. The van der Waals surface area contributed by atoms with Crippen molar-refractivity contribution in [3.8, 4) is 5.75 Å². The summed E-state index contributed by atoms with van der Waals surface area (Å²) in [5, 5.41) is 11.3. The highest BCUT2D eigenvalue weighted by Crippen LogP contribution is 2.32.